The van der Waals surface area contributed by atoms with E-state index in [1.165, 1.54) is 63.0 Å². The van der Waals surface area contributed by atoms with Gasteiger partial charge in [0.05, 0.1) is 0 Å². The van der Waals surface area contributed by atoms with Crippen LogP contribution in [0.15, 0.2) is 140 Å². The van der Waals surface area contributed by atoms with Crippen molar-refractivity contribution in [1.29, 1.82) is 0 Å². The molecule has 3 aromatic heterocycles. The molecule has 0 N–H and O–H groups in total. The Morgan fingerprint density at radius 3 is 1.94 bits per heavy atom. The Labute approximate surface area is 292 Å². The van der Waals surface area contributed by atoms with Gasteiger partial charge in [0, 0.05) is 51.9 Å². The Hall–Kier alpha value is -5.49. The van der Waals surface area contributed by atoms with Crippen molar-refractivity contribution in [2.75, 3.05) is 0 Å². The lowest BCUT2D eigenvalue weighted by Gasteiger charge is -2.21. The minimum Gasteiger partial charge on any atom is -0.208 e. The van der Waals surface area contributed by atoms with Gasteiger partial charge in [0.2, 0.25) is 0 Å². The summed E-state index contributed by atoms with van der Waals surface area (Å²) in [6.45, 7) is 4.62. The van der Waals surface area contributed by atoms with Crippen molar-refractivity contribution in [1.82, 2.24) is 15.0 Å². The van der Waals surface area contributed by atoms with E-state index in [0.29, 0.717) is 17.5 Å². The molecular weight excluding hydrogens is 635 g/mol. The van der Waals surface area contributed by atoms with Crippen molar-refractivity contribution in [3.05, 3.63) is 151 Å². The van der Waals surface area contributed by atoms with Crippen LogP contribution < -0.4 is 0 Å². The summed E-state index contributed by atoms with van der Waals surface area (Å²) in [5.74, 6) is 2.04. The standard InChI is InChI=1S/C44H29N3S2/c1-44(2)34-14-6-4-12-32(34)40-33(13-9-15-35(40)44)43-46-41(27-20-18-26(19-21-27)38-24-28-10-3-7-16-36(28)48-38)45-42(47-43)29-22-23-31-30-11-5-8-17-37(30)49-39(31)25-29/h3-25H,1-2H3. The SMILES string of the molecule is CC1(C)c2ccccc2-c2c(-c3nc(-c4ccc(-c5cc6ccccc6s5)cc4)nc(-c4ccc5c(c4)sc4ccccc45)n3)cccc21. The summed E-state index contributed by atoms with van der Waals surface area (Å²) in [6.07, 6.45) is 0. The third kappa shape index (κ3) is 4.50. The van der Waals surface area contributed by atoms with E-state index in [9.17, 15) is 0 Å². The molecule has 49 heavy (non-hydrogen) atoms. The van der Waals surface area contributed by atoms with Crippen LogP contribution in [0.4, 0.5) is 0 Å². The Morgan fingerprint density at radius 1 is 0.449 bits per heavy atom. The lowest BCUT2D eigenvalue weighted by atomic mass is 9.82. The second-order valence-electron chi connectivity index (χ2n) is 13.2. The van der Waals surface area contributed by atoms with Crippen molar-refractivity contribution in [3.8, 4) is 55.7 Å². The maximum Gasteiger partial charge on any atom is 0.164 e. The first kappa shape index (κ1) is 28.5. The summed E-state index contributed by atoms with van der Waals surface area (Å²) in [5, 5.41) is 3.82. The molecule has 0 spiro atoms. The van der Waals surface area contributed by atoms with Crippen LogP contribution in [0.25, 0.3) is 86.0 Å². The number of hydrogen-bond donors (Lipinski definition) is 0. The Bertz CT molecular complexity index is 2720. The fourth-order valence-corrected chi connectivity index (χ4v) is 9.68. The van der Waals surface area contributed by atoms with Gasteiger partial charge in [-0.3, -0.25) is 0 Å². The van der Waals surface area contributed by atoms with Crippen LogP contribution in [-0.4, -0.2) is 15.0 Å². The van der Waals surface area contributed by atoms with Crippen molar-refractivity contribution < 1.29 is 0 Å². The Morgan fingerprint density at radius 2 is 1.08 bits per heavy atom. The normalized spacial score (nSPS) is 13.3. The molecule has 0 bridgehead atoms. The van der Waals surface area contributed by atoms with Crippen LogP contribution in [0.1, 0.15) is 25.0 Å². The van der Waals surface area contributed by atoms with Gasteiger partial charge >= 0.3 is 0 Å². The van der Waals surface area contributed by atoms with Gasteiger partial charge in [0.1, 0.15) is 0 Å². The molecule has 0 saturated carbocycles. The van der Waals surface area contributed by atoms with Crippen LogP contribution in [-0.2, 0) is 5.41 Å². The third-order valence-electron chi connectivity index (χ3n) is 9.97. The highest BCUT2D eigenvalue weighted by molar-refractivity contribution is 7.25. The molecule has 0 fully saturated rings. The highest BCUT2D eigenvalue weighted by Crippen LogP contribution is 2.51. The molecule has 0 atom stereocenters. The highest BCUT2D eigenvalue weighted by Gasteiger charge is 2.37. The number of thiophene rings is 2. The molecular formula is C44H29N3S2. The summed E-state index contributed by atoms with van der Waals surface area (Å²) in [4.78, 5) is 16.8. The molecule has 9 aromatic rings. The van der Waals surface area contributed by atoms with Crippen LogP contribution in [0.2, 0.25) is 0 Å². The number of fused-ring (bicyclic) bond motifs is 7. The van der Waals surface area contributed by atoms with Crippen LogP contribution in [0.3, 0.4) is 0 Å². The molecule has 0 amide bonds. The zero-order chi connectivity index (χ0) is 32.7. The Balaban J connectivity index is 1.15. The molecule has 232 valence electrons. The zero-order valence-corrected chi connectivity index (χ0v) is 28.6. The predicted octanol–water partition coefficient (Wildman–Crippen LogP) is 12.4. The predicted molar refractivity (Wildman–Crippen MR) is 207 cm³/mol. The zero-order valence-electron chi connectivity index (χ0n) is 26.9. The van der Waals surface area contributed by atoms with Gasteiger partial charge in [-0.2, -0.15) is 0 Å². The van der Waals surface area contributed by atoms with Crippen molar-refractivity contribution >= 4 is 52.9 Å². The van der Waals surface area contributed by atoms with Gasteiger partial charge in [-0.1, -0.05) is 129 Å². The molecule has 0 radical (unpaired) electrons. The number of benzene rings is 6. The monoisotopic (exact) mass is 663 g/mol. The first-order valence-electron chi connectivity index (χ1n) is 16.5. The molecule has 0 unspecified atom stereocenters. The molecule has 6 aromatic carbocycles. The minimum absolute atomic E-state index is 0.116. The summed E-state index contributed by atoms with van der Waals surface area (Å²) in [7, 11) is 0. The van der Waals surface area contributed by atoms with Crippen LogP contribution >= 0.6 is 22.7 Å². The van der Waals surface area contributed by atoms with Gasteiger partial charge in [0.15, 0.2) is 17.5 Å². The minimum atomic E-state index is -0.116. The van der Waals surface area contributed by atoms with E-state index in [4.69, 9.17) is 15.0 Å². The second-order valence-corrected chi connectivity index (χ2v) is 15.4. The van der Waals surface area contributed by atoms with Gasteiger partial charge in [-0.25, -0.2) is 15.0 Å². The molecule has 5 heteroatoms. The Kier molecular flexibility index (Phi) is 6.26. The first-order valence-corrected chi connectivity index (χ1v) is 18.2. The molecule has 1 aliphatic rings. The topological polar surface area (TPSA) is 38.7 Å². The smallest absolute Gasteiger partial charge is 0.164 e. The number of hydrogen-bond acceptors (Lipinski definition) is 5. The number of aromatic nitrogens is 3. The van der Waals surface area contributed by atoms with Crippen molar-refractivity contribution in [3.63, 3.8) is 0 Å². The number of nitrogens with zero attached hydrogens (tertiary/aromatic N) is 3. The first-order chi connectivity index (χ1) is 24.0. The van der Waals surface area contributed by atoms with Gasteiger partial charge in [-0.15, -0.1) is 22.7 Å². The van der Waals surface area contributed by atoms with E-state index in [-0.39, 0.29) is 5.41 Å². The summed E-state index contributed by atoms with van der Waals surface area (Å²) >= 11 is 3.63. The maximum absolute atomic E-state index is 5.23. The van der Waals surface area contributed by atoms with Gasteiger partial charge < -0.3 is 0 Å². The lowest BCUT2D eigenvalue weighted by Crippen LogP contribution is -2.14. The van der Waals surface area contributed by atoms with Gasteiger partial charge in [0.25, 0.3) is 0 Å². The third-order valence-corrected chi connectivity index (χ3v) is 12.3. The molecule has 3 heterocycles. The largest absolute Gasteiger partial charge is 0.208 e. The fourth-order valence-electron chi connectivity index (χ4n) is 7.47. The van der Waals surface area contributed by atoms with E-state index in [0.717, 1.165) is 16.7 Å². The van der Waals surface area contributed by atoms with Gasteiger partial charge in [-0.05, 0) is 57.5 Å². The van der Waals surface area contributed by atoms with Crippen LogP contribution in [0, 0.1) is 0 Å². The second kappa shape index (κ2) is 10.8. The quantitative estimate of drug-likeness (QED) is 0.188. The van der Waals surface area contributed by atoms with E-state index in [2.05, 4.69) is 153 Å². The van der Waals surface area contributed by atoms with Crippen LogP contribution in [0.5, 0.6) is 0 Å². The fraction of sp³-hybridized carbons (Fsp3) is 0.0682. The summed E-state index contributed by atoms with van der Waals surface area (Å²) < 4.78 is 3.81. The molecule has 0 aliphatic heterocycles. The van der Waals surface area contributed by atoms with Crippen molar-refractivity contribution in [2.45, 2.75) is 19.3 Å². The van der Waals surface area contributed by atoms with E-state index >= 15 is 0 Å². The summed E-state index contributed by atoms with van der Waals surface area (Å²) in [6, 6.07) is 50.0. The van der Waals surface area contributed by atoms with E-state index in [1.807, 2.05) is 22.7 Å². The molecule has 3 nitrogen and oxygen atoms in total. The average Bonchev–Trinajstić information content (AvgIpc) is 3.82. The van der Waals surface area contributed by atoms with E-state index in [1.54, 1.807) is 0 Å². The molecule has 0 saturated heterocycles. The maximum atomic E-state index is 5.23. The average molecular weight is 664 g/mol. The molecule has 10 rings (SSSR count). The molecule has 1 aliphatic carbocycles. The van der Waals surface area contributed by atoms with E-state index < -0.39 is 0 Å². The number of rotatable bonds is 4. The highest BCUT2D eigenvalue weighted by atomic mass is 32.1. The van der Waals surface area contributed by atoms with Crippen molar-refractivity contribution in [2.24, 2.45) is 0 Å². The lowest BCUT2D eigenvalue weighted by molar-refractivity contribution is 0.660. The summed E-state index contributed by atoms with van der Waals surface area (Å²) in [5.41, 5.74) is 9.15.